The summed E-state index contributed by atoms with van der Waals surface area (Å²) in [5, 5.41) is 9.23. The molecule has 1 heterocycles. The highest BCUT2D eigenvalue weighted by molar-refractivity contribution is 7.89. The van der Waals surface area contributed by atoms with E-state index in [-0.39, 0.29) is 16.2 Å². The second kappa shape index (κ2) is 6.66. The van der Waals surface area contributed by atoms with Crippen LogP contribution in [0.15, 0.2) is 17.0 Å². The van der Waals surface area contributed by atoms with Crippen LogP contribution in [0.4, 0.5) is 0 Å². The molecule has 1 aliphatic heterocycles. The van der Waals surface area contributed by atoms with Crippen LogP contribution in [0.1, 0.15) is 41.6 Å². The SMILES string of the molecule is COc1cc(C)c(C(=O)O)cc1S(=O)(=O)N1CCCCCC1. The number of nitrogens with zero attached hydrogens (tertiary/aromatic N) is 1. The lowest BCUT2D eigenvalue weighted by Crippen LogP contribution is -2.32. The molecule has 0 spiro atoms. The fourth-order valence-electron chi connectivity index (χ4n) is 2.67. The number of carboxylic acids is 1. The quantitative estimate of drug-likeness (QED) is 0.917. The molecule has 2 rings (SSSR count). The van der Waals surface area contributed by atoms with Crippen molar-refractivity contribution in [2.45, 2.75) is 37.5 Å². The van der Waals surface area contributed by atoms with Gasteiger partial charge in [0.1, 0.15) is 10.6 Å². The second-order valence-corrected chi connectivity index (χ2v) is 7.35. The van der Waals surface area contributed by atoms with Gasteiger partial charge in [-0.3, -0.25) is 0 Å². The monoisotopic (exact) mass is 327 g/mol. The minimum Gasteiger partial charge on any atom is -0.495 e. The summed E-state index contributed by atoms with van der Waals surface area (Å²) in [6.45, 7) is 2.54. The lowest BCUT2D eigenvalue weighted by Gasteiger charge is -2.22. The van der Waals surface area contributed by atoms with Gasteiger partial charge in [0, 0.05) is 13.1 Å². The molecule has 0 aromatic heterocycles. The van der Waals surface area contributed by atoms with Crippen LogP contribution in [0, 0.1) is 6.92 Å². The van der Waals surface area contributed by atoms with Gasteiger partial charge in [-0.15, -0.1) is 0 Å². The predicted octanol–water partition coefficient (Wildman–Crippen LogP) is 2.27. The van der Waals surface area contributed by atoms with Crippen molar-refractivity contribution in [2.24, 2.45) is 0 Å². The summed E-state index contributed by atoms with van der Waals surface area (Å²) in [6.07, 6.45) is 3.66. The van der Waals surface area contributed by atoms with Gasteiger partial charge in [-0.1, -0.05) is 12.8 Å². The Morgan fingerprint density at radius 3 is 2.27 bits per heavy atom. The second-order valence-electron chi connectivity index (χ2n) is 5.44. The van der Waals surface area contributed by atoms with Crippen LogP contribution < -0.4 is 4.74 Å². The molecule has 0 saturated carbocycles. The number of hydrogen-bond acceptors (Lipinski definition) is 4. The Bertz CT molecular complexity index is 661. The lowest BCUT2D eigenvalue weighted by atomic mass is 10.1. The first-order valence-electron chi connectivity index (χ1n) is 7.30. The highest BCUT2D eigenvalue weighted by atomic mass is 32.2. The van der Waals surface area contributed by atoms with E-state index in [1.165, 1.54) is 23.5 Å². The van der Waals surface area contributed by atoms with E-state index in [1.54, 1.807) is 6.92 Å². The molecule has 0 unspecified atom stereocenters. The van der Waals surface area contributed by atoms with Crippen LogP contribution in [0.3, 0.4) is 0 Å². The number of aryl methyl sites for hydroxylation is 1. The van der Waals surface area contributed by atoms with Gasteiger partial charge < -0.3 is 9.84 Å². The number of hydrogen-bond donors (Lipinski definition) is 1. The predicted molar refractivity (Wildman–Crippen MR) is 81.9 cm³/mol. The van der Waals surface area contributed by atoms with E-state index in [0.29, 0.717) is 18.7 Å². The summed E-state index contributed by atoms with van der Waals surface area (Å²) >= 11 is 0. The molecule has 0 aliphatic carbocycles. The summed E-state index contributed by atoms with van der Waals surface area (Å²) in [6, 6.07) is 2.67. The number of methoxy groups -OCH3 is 1. The molecule has 1 aromatic rings. The zero-order valence-electron chi connectivity index (χ0n) is 12.8. The molecule has 7 heteroatoms. The molecule has 22 heavy (non-hydrogen) atoms. The van der Waals surface area contributed by atoms with Crippen LogP contribution in [-0.2, 0) is 10.0 Å². The first kappa shape index (κ1) is 16.8. The molecule has 0 atom stereocenters. The zero-order valence-corrected chi connectivity index (χ0v) is 13.6. The highest BCUT2D eigenvalue weighted by Crippen LogP contribution is 2.31. The van der Waals surface area contributed by atoms with Gasteiger partial charge in [-0.2, -0.15) is 4.31 Å². The van der Waals surface area contributed by atoms with E-state index in [1.807, 2.05) is 0 Å². The zero-order chi connectivity index (χ0) is 16.3. The Morgan fingerprint density at radius 2 is 1.77 bits per heavy atom. The largest absolute Gasteiger partial charge is 0.495 e. The van der Waals surface area contributed by atoms with Crippen molar-refractivity contribution in [2.75, 3.05) is 20.2 Å². The van der Waals surface area contributed by atoms with Gasteiger partial charge in [0.05, 0.1) is 12.7 Å². The minimum absolute atomic E-state index is 0.0193. The maximum atomic E-state index is 12.9. The molecule has 6 nitrogen and oxygen atoms in total. The van der Waals surface area contributed by atoms with Crippen molar-refractivity contribution < 1.29 is 23.1 Å². The Morgan fingerprint density at radius 1 is 1.18 bits per heavy atom. The molecule has 0 radical (unpaired) electrons. The third kappa shape index (κ3) is 3.25. The van der Waals surface area contributed by atoms with Crippen LogP contribution in [0.2, 0.25) is 0 Å². The van der Waals surface area contributed by atoms with Gasteiger partial charge in [0.15, 0.2) is 0 Å². The fourth-order valence-corrected chi connectivity index (χ4v) is 4.35. The Kier molecular flexibility index (Phi) is 5.08. The molecular weight excluding hydrogens is 306 g/mol. The van der Waals surface area contributed by atoms with Crippen LogP contribution >= 0.6 is 0 Å². The van der Waals surface area contributed by atoms with E-state index in [2.05, 4.69) is 0 Å². The Hall–Kier alpha value is -1.60. The molecular formula is C15H21NO5S. The summed E-state index contributed by atoms with van der Waals surface area (Å²) in [4.78, 5) is 11.2. The van der Waals surface area contributed by atoms with E-state index < -0.39 is 16.0 Å². The molecule has 0 bridgehead atoms. The molecule has 1 fully saturated rings. The average Bonchev–Trinajstić information content (AvgIpc) is 2.75. The van der Waals surface area contributed by atoms with E-state index >= 15 is 0 Å². The van der Waals surface area contributed by atoms with E-state index in [4.69, 9.17) is 4.74 Å². The first-order chi connectivity index (χ1) is 10.4. The summed E-state index contributed by atoms with van der Waals surface area (Å²) in [5.74, 6) is -0.959. The Balaban J connectivity index is 2.53. The van der Waals surface area contributed by atoms with Crippen molar-refractivity contribution in [1.29, 1.82) is 0 Å². The van der Waals surface area contributed by atoms with Crippen molar-refractivity contribution in [3.8, 4) is 5.75 Å². The molecule has 0 amide bonds. The third-order valence-corrected chi connectivity index (χ3v) is 5.84. The summed E-state index contributed by atoms with van der Waals surface area (Å²) in [5.41, 5.74) is 0.452. The fraction of sp³-hybridized carbons (Fsp3) is 0.533. The number of rotatable bonds is 4. The van der Waals surface area contributed by atoms with E-state index in [0.717, 1.165) is 25.7 Å². The smallest absolute Gasteiger partial charge is 0.336 e. The summed E-state index contributed by atoms with van der Waals surface area (Å²) in [7, 11) is -2.37. The Labute approximate surface area is 130 Å². The standard InChI is InChI=1S/C15H21NO5S/c1-11-9-13(21-2)14(10-12(11)15(17)18)22(19,20)16-7-5-3-4-6-8-16/h9-10H,3-8H2,1-2H3,(H,17,18). The van der Waals surface area contributed by atoms with Crippen molar-refractivity contribution in [3.63, 3.8) is 0 Å². The average molecular weight is 327 g/mol. The third-order valence-electron chi connectivity index (χ3n) is 3.92. The molecule has 122 valence electrons. The van der Waals surface area contributed by atoms with Gasteiger partial charge in [-0.25, -0.2) is 13.2 Å². The van der Waals surface area contributed by atoms with Gasteiger partial charge in [0.2, 0.25) is 10.0 Å². The normalized spacial score (nSPS) is 17.0. The first-order valence-corrected chi connectivity index (χ1v) is 8.74. The molecule has 1 aliphatic rings. The van der Waals surface area contributed by atoms with Crippen molar-refractivity contribution >= 4 is 16.0 Å². The number of carbonyl (C=O) groups is 1. The van der Waals surface area contributed by atoms with Gasteiger partial charge >= 0.3 is 5.97 Å². The number of aromatic carboxylic acids is 1. The molecule has 1 N–H and O–H groups in total. The number of carboxylic acid groups (broad SMARTS) is 1. The molecule has 1 saturated heterocycles. The van der Waals surface area contributed by atoms with Crippen molar-refractivity contribution in [3.05, 3.63) is 23.3 Å². The van der Waals surface area contributed by atoms with Gasteiger partial charge in [0.25, 0.3) is 0 Å². The molecule has 1 aromatic carbocycles. The summed E-state index contributed by atoms with van der Waals surface area (Å²) < 4.78 is 32.3. The van der Waals surface area contributed by atoms with Crippen molar-refractivity contribution in [1.82, 2.24) is 4.31 Å². The van der Waals surface area contributed by atoms with Gasteiger partial charge in [-0.05, 0) is 37.5 Å². The lowest BCUT2D eigenvalue weighted by molar-refractivity contribution is 0.0695. The van der Waals surface area contributed by atoms with Crippen LogP contribution in [-0.4, -0.2) is 44.0 Å². The van der Waals surface area contributed by atoms with Crippen LogP contribution in [0.25, 0.3) is 0 Å². The number of ether oxygens (including phenoxy) is 1. The topological polar surface area (TPSA) is 83.9 Å². The number of benzene rings is 1. The highest BCUT2D eigenvalue weighted by Gasteiger charge is 2.29. The van der Waals surface area contributed by atoms with E-state index in [9.17, 15) is 18.3 Å². The maximum Gasteiger partial charge on any atom is 0.336 e. The van der Waals surface area contributed by atoms with Crippen LogP contribution in [0.5, 0.6) is 5.75 Å². The minimum atomic E-state index is -3.76. The maximum absolute atomic E-state index is 12.9. The number of sulfonamides is 1.